The molecule has 7 heteroatoms. The van der Waals surface area contributed by atoms with E-state index in [-0.39, 0.29) is 26.1 Å². The average Bonchev–Trinajstić information content (AvgIpc) is 2.58. The largest absolute Gasteiger partial charge is 0.394 e. The van der Waals surface area contributed by atoms with Crippen molar-refractivity contribution in [3.8, 4) is 0 Å². The van der Waals surface area contributed by atoms with Gasteiger partial charge < -0.3 is 30.1 Å². The smallest absolute Gasteiger partial charge is 0.254 e. The Bertz CT molecular complexity index is 567. The first-order valence-corrected chi connectivity index (χ1v) is 8.15. The van der Waals surface area contributed by atoms with Crippen LogP contribution in [0, 0.1) is 0 Å². The van der Waals surface area contributed by atoms with Crippen LogP contribution in [0.1, 0.15) is 18.4 Å². The molecule has 24 heavy (non-hydrogen) atoms. The van der Waals surface area contributed by atoms with E-state index < -0.39 is 42.4 Å². The predicted molar refractivity (Wildman–Crippen MR) is 83.8 cm³/mol. The maximum Gasteiger partial charge on any atom is 0.254 e. The van der Waals surface area contributed by atoms with E-state index >= 15 is 0 Å². The second-order valence-corrected chi connectivity index (χ2v) is 6.46. The number of carbonyl (C=O) groups is 1. The molecule has 1 aromatic rings. The van der Waals surface area contributed by atoms with Crippen molar-refractivity contribution in [2.24, 2.45) is 0 Å². The number of hydrogen-bond acceptors (Lipinski definition) is 6. The summed E-state index contributed by atoms with van der Waals surface area (Å²) < 4.78 is 5.80. The van der Waals surface area contributed by atoms with Gasteiger partial charge in [0.25, 0.3) is 5.91 Å². The van der Waals surface area contributed by atoms with Crippen LogP contribution < -0.4 is 0 Å². The van der Waals surface area contributed by atoms with E-state index in [2.05, 4.69) is 0 Å². The molecule has 1 aromatic carbocycles. The first-order chi connectivity index (χ1) is 11.5. The van der Waals surface area contributed by atoms with Gasteiger partial charge in [0.1, 0.15) is 6.10 Å². The van der Waals surface area contributed by atoms with Gasteiger partial charge in [0.05, 0.1) is 31.5 Å². The third-order valence-corrected chi connectivity index (χ3v) is 4.88. The number of aliphatic hydroxyl groups is 4. The van der Waals surface area contributed by atoms with Crippen LogP contribution in [0.15, 0.2) is 30.3 Å². The number of ether oxygens (including phenoxy) is 1. The van der Waals surface area contributed by atoms with Crippen molar-refractivity contribution in [2.45, 2.75) is 55.9 Å². The van der Waals surface area contributed by atoms with Crippen molar-refractivity contribution in [3.63, 3.8) is 0 Å². The summed E-state index contributed by atoms with van der Waals surface area (Å²) >= 11 is 0. The molecular weight excluding hydrogens is 314 g/mol. The molecule has 0 aliphatic carbocycles. The number of nitrogens with zero attached hydrogens (tertiary/aromatic N) is 1. The van der Waals surface area contributed by atoms with E-state index in [0.29, 0.717) is 0 Å². The molecule has 7 nitrogen and oxygen atoms in total. The highest BCUT2D eigenvalue weighted by Crippen LogP contribution is 2.33. The molecule has 4 N–H and O–H groups in total. The van der Waals surface area contributed by atoms with Crippen molar-refractivity contribution in [1.29, 1.82) is 0 Å². The lowest BCUT2D eigenvalue weighted by Gasteiger charge is -2.51. The number of fused-ring (bicyclic) bond motifs is 1. The van der Waals surface area contributed by atoms with Crippen LogP contribution in [0.25, 0.3) is 0 Å². The molecule has 1 amide bonds. The highest BCUT2D eigenvalue weighted by Gasteiger charge is 2.51. The third kappa shape index (κ3) is 3.18. The van der Waals surface area contributed by atoms with Gasteiger partial charge in [-0.25, -0.2) is 0 Å². The fourth-order valence-corrected chi connectivity index (χ4v) is 3.67. The third-order valence-electron chi connectivity index (χ3n) is 4.88. The van der Waals surface area contributed by atoms with Gasteiger partial charge in [-0.3, -0.25) is 4.79 Å². The van der Waals surface area contributed by atoms with Crippen molar-refractivity contribution in [2.75, 3.05) is 6.61 Å². The molecule has 0 bridgehead atoms. The summed E-state index contributed by atoms with van der Waals surface area (Å²) in [5, 5.41) is 39.8. The first-order valence-electron chi connectivity index (χ1n) is 8.15. The Balaban J connectivity index is 1.76. The summed E-state index contributed by atoms with van der Waals surface area (Å²) in [6.07, 6.45) is -3.84. The van der Waals surface area contributed by atoms with Gasteiger partial charge >= 0.3 is 0 Å². The van der Waals surface area contributed by atoms with Crippen molar-refractivity contribution in [3.05, 3.63) is 35.9 Å². The first kappa shape index (κ1) is 17.3. The van der Waals surface area contributed by atoms with Crippen molar-refractivity contribution >= 4 is 5.91 Å². The van der Waals surface area contributed by atoms with Gasteiger partial charge in [0.2, 0.25) is 0 Å². The van der Waals surface area contributed by atoms with Gasteiger partial charge in [-0.1, -0.05) is 30.3 Å². The lowest BCUT2D eigenvalue weighted by Crippen LogP contribution is -2.68. The average molecular weight is 337 g/mol. The molecule has 6 atom stereocenters. The second-order valence-electron chi connectivity index (χ2n) is 6.46. The fourth-order valence-electron chi connectivity index (χ4n) is 3.67. The Morgan fingerprint density at radius 1 is 1.08 bits per heavy atom. The summed E-state index contributed by atoms with van der Waals surface area (Å²) in [7, 11) is 0. The molecule has 0 radical (unpaired) electrons. The number of rotatable bonds is 4. The highest BCUT2D eigenvalue weighted by atomic mass is 16.5. The van der Waals surface area contributed by atoms with E-state index in [1.165, 1.54) is 4.90 Å². The Kier molecular flexibility index (Phi) is 5.17. The Labute approximate surface area is 140 Å². The zero-order chi connectivity index (χ0) is 17.3. The van der Waals surface area contributed by atoms with E-state index in [1.54, 1.807) is 0 Å². The molecule has 2 heterocycles. The number of hydrogen-bond donors (Lipinski definition) is 4. The molecule has 0 spiro atoms. The Hall–Kier alpha value is -1.51. The standard InChI is InChI=1S/C17H23NO6/c19-8-12-16(24-9-10-4-2-1-3-5-10)14(21)7-11-6-13(20)15(22)17(23)18(11)12/h1-5,11-16,19-22H,6-9H2/t11-,12+,13-,14-,15-,16-/m1/s1. The molecule has 132 valence electrons. The molecule has 0 aromatic heterocycles. The van der Waals surface area contributed by atoms with Gasteiger partial charge in [-0.05, 0) is 18.4 Å². The molecular formula is C17H23NO6. The topological polar surface area (TPSA) is 110 Å². The minimum Gasteiger partial charge on any atom is -0.394 e. The van der Waals surface area contributed by atoms with Crippen molar-refractivity contribution < 1.29 is 30.0 Å². The summed E-state index contributed by atoms with van der Waals surface area (Å²) in [5.41, 5.74) is 0.920. The summed E-state index contributed by atoms with van der Waals surface area (Å²) in [6, 6.07) is 8.25. The molecule has 2 fully saturated rings. The Morgan fingerprint density at radius 2 is 1.75 bits per heavy atom. The monoisotopic (exact) mass is 337 g/mol. The maximum atomic E-state index is 12.3. The van der Waals surface area contributed by atoms with Crippen LogP contribution in [0.4, 0.5) is 0 Å². The van der Waals surface area contributed by atoms with Crippen LogP contribution in [0.3, 0.4) is 0 Å². The fraction of sp³-hybridized carbons (Fsp3) is 0.588. The van der Waals surface area contributed by atoms with Gasteiger partial charge in [0, 0.05) is 6.04 Å². The van der Waals surface area contributed by atoms with Crippen LogP contribution in [0.5, 0.6) is 0 Å². The Morgan fingerprint density at radius 3 is 2.42 bits per heavy atom. The second kappa shape index (κ2) is 7.16. The number of benzene rings is 1. The number of amides is 1. The molecule has 2 aliphatic heterocycles. The maximum absolute atomic E-state index is 12.3. The summed E-state index contributed by atoms with van der Waals surface area (Å²) in [4.78, 5) is 13.7. The number of piperidine rings is 2. The van der Waals surface area contributed by atoms with Gasteiger partial charge in [-0.2, -0.15) is 0 Å². The van der Waals surface area contributed by atoms with E-state index in [4.69, 9.17) is 4.74 Å². The number of carbonyl (C=O) groups excluding carboxylic acids is 1. The zero-order valence-corrected chi connectivity index (χ0v) is 13.2. The van der Waals surface area contributed by atoms with Crippen LogP contribution in [-0.2, 0) is 16.1 Å². The number of aliphatic hydroxyl groups excluding tert-OH is 4. The summed E-state index contributed by atoms with van der Waals surface area (Å²) in [6.45, 7) is -0.140. The molecule has 0 saturated carbocycles. The van der Waals surface area contributed by atoms with Gasteiger partial charge in [0.15, 0.2) is 6.10 Å². The minimum absolute atomic E-state index is 0.172. The highest BCUT2D eigenvalue weighted by molar-refractivity contribution is 5.83. The van der Waals surface area contributed by atoms with Crippen LogP contribution in [0.2, 0.25) is 0 Å². The normalized spacial score (nSPS) is 36.5. The van der Waals surface area contributed by atoms with E-state index in [9.17, 15) is 25.2 Å². The van der Waals surface area contributed by atoms with Crippen LogP contribution >= 0.6 is 0 Å². The lowest BCUT2D eigenvalue weighted by atomic mass is 9.83. The molecule has 3 rings (SSSR count). The van der Waals surface area contributed by atoms with E-state index in [1.807, 2.05) is 30.3 Å². The molecule has 2 aliphatic rings. The van der Waals surface area contributed by atoms with Crippen LogP contribution in [-0.4, -0.2) is 74.3 Å². The van der Waals surface area contributed by atoms with Gasteiger partial charge in [-0.15, -0.1) is 0 Å². The lowest BCUT2D eigenvalue weighted by molar-refractivity contribution is -0.191. The zero-order valence-electron chi connectivity index (χ0n) is 13.2. The SMILES string of the molecule is O=C1[C@H](O)[C@H](O)C[C@@H]2C[C@@H](O)[C@H](OCc3ccccc3)[C@H](CO)N12. The quantitative estimate of drug-likeness (QED) is 0.562. The summed E-state index contributed by atoms with van der Waals surface area (Å²) in [5.74, 6) is -0.627. The molecule has 0 unspecified atom stereocenters. The predicted octanol–water partition coefficient (Wildman–Crippen LogP) is -0.980. The van der Waals surface area contributed by atoms with Crippen molar-refractivity contribution in [1.82, 2.24) is 4.90 Å². The van der Waals surface area contributed by atoms with E-state index in [0.717, 1.165) is 5.56 Å². The molecule has 2 saturated heterocycles. The minimum atomic E-state index is -1.50.